The highest BCUT2D eigenvalue weighted by molar-refractivity contribution is 9.10. The van der Waals surface area contributed by atoms with Gasteiger partial charge in [0.25, 0.3) is 5.56 Å². The van der Waals surface area contributed by atoms with E-state index in [-0.39, 0.29) is 5.56 Å². The van der Waals surface area contributed by atoms with Crippen LogP contribution in [0.4, 0.5) is 0 Å². The monoisotopic (exact) mass is 466 g/mol. The van der Waals surface area contributed by atoms with Crippen molar-refractivity contribution in [3.63, 3.8) is 0 Å². The molecule has 0 aliphatic rings. The van der Waals surface area contributed by atoms with Gasteiger partial charge in [0.05, 0.1) is 34.5 Å². The summed E-state index contributed by atoms with van der Waals surface area (Å²) in [7, 11) is 0. The van der Waals surface area contributed by atoms with Crippen molar-refractivity contribution in [1.82, 2.24) is 19.9 Å². The summed E-state index contributed by atoms with van der Waals surface area (Å²) in [4.78, 5) is 25.7. The Morgan fingerprint density at radius 1 is 0.875 bits per heavy atom. The Hall–Kier alpha value is -1.83. The predicted octanol–water partition coefficient (Wildman–Crippen LogP) is 4.73. The molecule has 0 saturated carbocycles. The van der Waals surface area contributed by atoms with Crippen molar-refractivity contribution < 1.29 is 0 Å². The van der Waals surface area contributed by atoms with Crippen molar-refractivity contribution >= 4 is 65.5 Å². The summed E-state index contributed by atoms with van der Waals surface area (Å²) < 4.78 is 1.91. The van der Waals surface area contributed by atoms with Crippen LogP contribution in [0.5, 0.6) is 0 Å². The van der Waals surface area contributed by atoms with Crippen LogP contribution in [0, 0.1) is 0 Å². The lowest BCUT2D eigenvalue weighted by Gasteiger charge is -1.96. The van der Waals surface area contributed by atoms with Crippen molar-refractivity contribution in [3.05, 3.63) is 73.2 Å². The van der Waals surface area contributed by atoms with Crippen LogP contribution in [0.1, 0.15) is 0 Å². The number of halogens is 3. The summed E-state index contributed by atoms with van der Waals surface area (Å²) in [6.45, 7) is 0. The molecule has 0 radical (unpaired) electrons. The summed E-state index contributed by atoms with van der Waals surface area (Å²) in [5.74, 6) is 0. The standard InChI is InChI=1S/C8H4BrClN2.C8H5BrN2O/c9-5-1-2-6-7(3-5)12-8(10)4-11-6;9-5-1-2-6-7(3-5)11-8(12)4-10-6/h1-4H;1-4H,(H,11,12). The molecule has 120 valence electrons. The molecule has 0 aliphatic heterocycles. The summed E-state index contributed by atoms with van der Waals surface area (Å²) in [5.41, 5.74) is 3.01. The van der Waals surface area contributed by atoms with E-state index in [0.29, 0.717) is 5.15 Å². The number of aromatic nitrogens is 4. The number of rotatable bonds is 0. The Labute approximate surface area is 158 Å². The van der Waals surface area contributed by atoms with Gasteiger partial charge in [-0.15, -0.1) is 0 Å². The lowest BCUT2D eigenvalue weighted by molar-refractivity contribution is 1.22. The fourth-order valence-electron chi connectivity index (χ4n) is 1.98. The molecular formula is C16H9Br2ClN4O. The molecule has 0 bridgehead atoms. The quantitative estimate of drug-likeness (QED) is 0.405. The van der Waals surface area contributed by atoms with Crippen molar-refractivity contribution in [2.24, 2.45) is 0 Å². The third-order valence-corrected chi connectivity index (χ3v) is 4.18. The smallest absolute Gasteiger partial charge is 0.266 e. The van der Waals surface area contributed by atoms with E-state index in [1.165, 1.54) is 12.4 Å². The molecule has 24 heavy (non-hydrogen) atoms. The summed E-state index contributed by atoms with van der Waals surface area (Å²) >= 11 is 12.3. The van der Waals surface area contributed by atoms with Crippen LogP contribution in [0.3, 0.4) is 0 Å². The number of nitrogens with one attached hydrogen (secondary N) is 1. The molecule has 0 aliphatic carbocycles. The van der Waals surface area contributed by atoms with Gasteiger partial charge in [0, 0.05) is 8.95 Å². The molecule has 4 rings (SSSR count). The van der Waals surface area contributed by atoms with E-state index in [1.807, 2.05) is 36.4 Å². The van der Waals surface area contributed by atoms with Crippen LogP contribution < -0.4 is 5.56 Å². The third kappa shape index (κ3) is 4.17. The maximum Gasteiger partial charge on any atom is 0.266 e. The highest BCUT2D eigenvalue weighted by Crippen LogP contribution is 2.17. The first kappa shape index (κ1) is 17.0. The average Bonchev–Trinajstić information content (AvgIpc) is 2.54. The molecule has 2 aromatic heterocycles. The number of H-pyrrole nitrogens is 1. The van der Waals surface area contributed by atoms with Gasteiger partial charge >= 0.3 is 0 Å². The van der Waals surface area contributed by atoms with Crippen LogP contribution in [0.15, 0.2) is 62.5 Å². The molecule has 0 amide bonds. The van der Waals surface area contributed by atoms with E-state index in [0.717, 1.165) is 31.0 Å². The number of benzene rings is 2. The molecule has 2 heterocycles. The van der Waals surface area contributed by atoms with Crippen molar-refractivity contribution in [3.8, 4) is 0 Å². The second-order valence-corrected chi connectivity index (χ2v) is 6.95. The third-order valence-electron chi connectivity index (χ3n) is 3.01. The van der Waals surface area contributed by atoms with Gasteiger partial charge in [0.15, 0.2) is 0 Å². The van der Waals surface area contributed by atoms with E-state index in [4.69, 9.17) is 11.6 Å². The topological polar surface area (TPSA) is 71.5 Å². The zero-order chi connectivity index (χ0) is 17.1. The number of aromatic amines is 1. The molecule has 0 unspecified atom stereocenters. The van der Waals surface area contributed by atoms with Crippen LogP contribution in [-0.2, 0) is 0 Å². The molecule has 5 nitrogen and oxygen atoms in total. The summed E-state index contributed by atoms with van der Waals surface area (Å²) in [5, 5.41) is 0.417. The zero-order valence-electron chi connectivity index (χ0n) is 12.0. The number of hydrogen-bond acceptors (Lipinski definition) is 4. The fraction of sp³-hybridized carbons (Fsp3) is 0. The molecule has 8 heteroatoms. The molecular weight excluding hydrogens is 459 g/mol. The highest BCUT2D eigenvalue weighted by atomic mass is 79.9. The molecule has 4 aromatic rings. The van der Waals surface area contributed by atoms with Crippen LogP contribution >= 0.6 is 43.5 Å². The number of nitrogens with zero attached hydrogens (tertiary/aromatic N) is 3. The van der Waals surface area contributed by atoms with Crippen molar-refractivity contribution in [2.75, 3.05) is 0 Å². The SMILES string of the molecule is Clc1cnc2ccc(Br)cc2n1.O=c1cnc2ccc(Br)cc2[nH]1. The zero-order valence-corrected chi connectivity index (χ0v) is 15.9. The largest absolute Gasteiger partial charge is 0.319 e. The predicted molar refractivity (Wildman–Crippen MR) is 102 cm³/mol. The number of fused-ring (bicyclic) bond motifs is 2. The summed E-state index contributed by atoms with van der Waals surface area (Å²) in [6, 6.07) is 11.2. The molecule has 0 spiro atoms. The van der Waals surface area contributed by atoms with Gasteiger partial charge in [0.2, 0.25) is 0 Å². The van der Waals surface area contributed by atoms with E-state index in [2.05, 4.69) is 51.8 Å². The van der Waals surface area contributed by atoms with Crippen LogP contribution in [0.2, 0.25) is 5.15 Å². The minimum absolute atomic E-state index is 0.180. The van der Waals surface area contributed by atoms with Gasteiger partial charge in [-0.2, -0.15) is 0 Å². The van der Waals surface area contributed by atoms with Crippen LogP contribution in [0.25, 0.3) is 22.1 Å². The Kier molecular flexibility index (Phi) is 5.23. The van der Waals surface area contributed by atoms with Gasteiger partial charge in [-0.25, -0.2) is 9.97 Å². The first-order chi connectivity index (χ1) is 11.5. The average molecular weight is 469 g/mol. The van der Waals surface area contributed by atoms with E-state index in [9.17, 15) is 4.79 Å². The van der Waals surface area contributed by atoms with E-state index in [1.54, 1.807) is 0 Å². The molecule has 1 N–H and O–H groups in total. The number of hydrogen-bond donors (Lipinski definition) is 1. The minimum atomic E-state index is -0.180. The van der Waals surface area contributed by atoms with Crippen molar-refractivity contribution in [1.29, 1.82) is 0 Å². The molecule has 0 fully saturated rings. The molecule has 0 atom stereocenters. The second kappa shape index (κ2) is 7.38. The lowest BCUT2D eigenvalue weighted by Crippen LogP contribution is -2.04. The molecule has 0 saturated heterocycles. The summed E-state index contributed by atoms with van der Waals surface area (Å²) in [6.07, 6.45) is 2.81. The second-order valence-electron chi connectivity index (χ2n) is 4.73. The maximum absolute atomic E-state index is 10.9. The Morgan fingerprint density at radius 3 is 2.33 bits per heavy atom. The normalized spacial score (nSPS) is 10.5. The maximum atomic E-state index is 10.9. The Balaban J connectivity index is 0.000000141. The van der Waals surface area contributed by atoms with Gasteiger partial charge in [-0.1, -0.05) is 43.5 Å². The van der Waals surface area contributed by atoms with E-state index < -0.39 is 0 Å². The van der Waals surface area contributed by atoms with Gasteiger partial charge < -0.3 is 4.98 Å². The highest BCUT2D eigenvalue weighted by Gasteiger charge is 1.97. The first-order valence-electron chi connectivity index (χ1n) is 6.74. The lowest BCUT2D eigenvalue weighted by atomic mass is 10.3. The molecule has 2 aromatic carbocycles. The van der Waals surface area contributed by atoms with Gasteiger partial charge in [-0.05, 0) is 36.4 Å². The van der Waals surface area contributed by atoms with E-state index >= 15 is 0 Å². The van der Waals surface area contributed by atoms with Gasteiger partial charge in [0.1, 0.15) is 5.15 Å². The minimum Gasteiger partial charge on any atom is -0.319 e. The van der Waals surface area contributed by atoms with Gasteiger partial charge in [-0.3, -0.25) is 9.78 Å². The first-order valence-corrected chi connectivity index (χ1v) is 8.70. The fourth-order valence-corrected chi connectivity index (χ4v) is 2.83. The Morgan fingerprint density at radius 2 is 1.54 bits per heavy atom. The van der Waals surface area contributed by atoms with Crippen LogP contribution in [-0.4, -0.2) is 19.9 Å². The Bertz CT molecular complexity index is 1050. The van der Waals surface area contributed by atoms with Crippen molar-refractivity contribution in [2.45, 2.75) is 0 Å².